The Bertz CT molecular complexity index is 258. The summed E-state index contributed by atoms with van der Waals surface area (Å²) < 4.78 is 8.29. The van der Waals surface area contributed by atoms with E-state index in [0.717, 1.165) is 14.2 Å². The number of hydrogen-bond acceptors (Lipinski definition) is 6. The van der Waals surface area contributed by atoms with Gasteiger partial charge >= 0.3 is 11.9 Å². The third kappa shape index (κ3) is 3.46. The fourth-order valence-electron chi connectivity index (χ4n) is 0.508. The van der Waals surface area contributed by atoms with Crippen LogP contribution in [0.3, 0.4) is 0 Å². The van der Waals surface area contributed by atoms with E-state index in [-0.39, 0.29) is 0 Å². The third-order valence-corrected chi connectivity index (χ3v) is 1.20. The van der Waals surface area contributed by atoms with Crippen LogP contribution in [-0.4, -0.2) is 37.7 Å². The van der Waals surface area contributed by atoms with Crippen molar-refractivity contribution >= 4 is 23.4 Å². The largest absolute Gasteiger partial charge is 0.469 e. The number of Topliss-reactive ketones (excluding diaryl/α,β-unsaturated/α-hetero) is 1. The van der Waals surface area contributed by atoms with E-state index < -0.39 is 29.9 Å². The van der Waals surface area contributed by atoms with Gasteiger partial charge in [0.05, 0.1) is 14.2 Å². The number of ether oxygens (including phenoxy) is 2. The van der Waals surface area contributed by atoms with E-state index in [4.69, 9.17) is 5.41 Å². The standard InChI is InChI=1S/C7H9NO5/c1-12-5(10)3-4(9)6(8)7(11)13-2/h8H,3H2,1-2H3. The average molecular weight is 187 g/mol. The van der Waals surface area contributed by atoms with E-state index in [9.17, 15) is 14.4 Å². The molecule has 6 heteroatoms. The van der Waals surface area contributed by atoms with E-state index >= 15 is 0 Å². The summed E-state index contributed by atoms with van der Waals surface area (Å²) in [7, 11) is 2.15. The summed E-state index contributed by atoms with van der Waals surface area (Å²) in [6, 6.07) is 0. The quantitative estimate of drug-likeness (QED) is 0.357. The van der Waals surface area contributed by atoms with E-state index in [2.05, 4.69) is 9.47 Å². The minimum Gasteiger partial charge on any atom is -0.469 e. The van der Waals surface area contributed by atoms with Crippen LogP contribution in [0.5, 0.6) is 0 Å². The first-order valence-electron chi connectivity index (χ1n) is 3.29. The lowest BCUT2D eigenvalue weighted by Crippen LogP contribution is -2.26. The van der Waals surface area contributed by atoms with Gasteiger partial charge in [0.1, 0.15) is 6.42 Å². The molecule has 0 bridgehead atoms. The number of nitrogens with one attached hydrogen (secondary N) is 1. The number of carbonyl (C=O) groups is 3. The van der Waals surface area contributed by atoms with Crippen LogP contribution >= 0.6 is 0 Å². The number of rotatable bonds is 4. The molecule has 0 aliphatic rings. The fraction of sp³-hybridized carbons (Fsp3) is 0.429. The van der Waals surface area contributed by atoms with Crippen LogP contribution in [0, 0.1) is 5.41 Å². The molecule has 13 heavy (non-hydrogen) atoms. The molecule has 0 atom stereocenters. The first-order chi connectivity index (χ1) is 6.02. The number of ketones is 1. The van der Waals surface area contributed by atoms with Crippen LogP contribution in [0.1, 0.15) is 6.42 Å². The molecule has 0 saturated heterocycles. The van der Waals surface area contributed by atoms with E-state index in [1.54, 1.807) is 0 Å². The van der Waals surface area contributed by atoms with Gasteiger partial charge in [0.25, 0.3) is 0 Å². The van der Waals surface area contributed by atoms with Gasteiger partial charge in [-0.05, 0) is 0 Å². The van der Waals surface area contributed by atoms with Gasteiger partial charge in [-0.1, -0.05) is 0 Å². The number of carbonyl (C=O) groups excluding carboxylic acids is 3. The molecule has 0 aromatic carbocycles. The molecule has 0 saturated carbocycles. The Morgan fingerprint density at radius 3 is 2.08 bits per heavy atom. The van der Waals surface area contributed by atoms with Crippen molar-refractivity contribution in [2.75, 3.05) is 14.2 Å². The molecular weight excluding hydrogens is 178 g/mol. The maximum absolute atomic E-state index is 10.9. The predicted octanol–water partition coefficient (Wildman–Crippen LogP) is -0.689. The molecule has 0 rings (SSSR count). The maximum atomic E-state index is 10.9. The summed E-state index contributed by atoms with van der Waals surface area (Å²) in [5.41, 5.74) is -0.854. The van der Waals surface area contributed by atoms with Gasteiger partial charge in [-0.15, -0.1) is 0 Å². The van der Waals surface area contributed by atoms with Crippen LogP contribution < -0.4 is 0 Å². The molecule has 0 fully saturated rings. The Labute approximate surface area is 74.3 Å². The van der Waals surface area contributed by atoms with Gasteiger partial charge in [0, 0.05) is 0 Å². The smallest absolute Gasteiger partial charge is 0.359 e. The van der Waals surface area contributed by atoms with Gasteiger partial charge in [0.2, 0.25) is 0 Å². The monoisotopic (exact) mass is 187 g/mol. The van der Waals surface area contributed by atoms with Crippen LogP contribution in [0.4, 0.5) is 0 Å². The highest BCUT2D eigenvalue weighted by molar-refractivity contribution is 6.64. The molecule has 0 radical (unpaired) electrons. The molecule has 0 heterocycles. The number of esters is 2. The normalized spacial score (nSPS) is 8.77. The Kier molecular flexibility index (Phi) is 4.36. The van der Waals surface area contributed by atoms with Gasteiger partial charge in [0.15, 0.2) is 11.5 Å². The van der Waals surface area contributed by atoms with Crippen molar-refractivity contribution in [3.05, 3.63) is 0 Å². The van der Waals surface area contributed by atoms with Crippen molar-refractivity contribution in [3.63, 3.8) is 0 Å². The van der Waals surface area contributed by atoms with E-state index in [1.165, 1.54) is 0 Å². The van der Waals surface area contributed by atoms with Crippen molar-refractivity contribution in [1.82, 2.24) is 0 Å². The Morgan fingerprint density at radius 1 is 1.15 bits per heavy atom. The first-order valence-corrected chi connectivity index (χ1v) is 3.29. The van der Waals surface area contributed by atoms with Crippen molar-refractivity contribution < 1.29 is 23.9 Å². The Morgan fingerprint density at radius 2 is 1.69 bits per heavy atom. The second kappa shape index (κ2) is 5.02. The van der Waals surface area contributed by atoms with Crippen LogP contribution in [0.15, 0.2) is 0 Å². The summed E-state index contributed by atoms with van der Waals surface area (Å²) in [4.78, 5) is 32.0. The van der Waals surface area contributed by atoms with Crippen molar-refractivity contribution in [2.24, 2.45) is 0 Å². The molecular formula is C7H9NO5. The molecule has 72 valence electrons. The van der Waals surface area contributed by atoms with Crippen molar-refractivity contribution in [2.45, 2.75) is 6.42 Å². The molecule has 0 aliphatic heterocycles. The second-order valence-electron chi connectivity index (χ2n) is 2.04. The highest BCUT2D eigenvalue weighted by Crippen LogP contribution is 1.91. The van der Waals surface area contributed by atoms with E-state index in [0.29, 0.717) is 0 Å². The minimum absolute atomic E-state index is 0.621. The third-order valence-electron chi connectivity index (χ3n) is 1.20. The highest BCUT2D eigenvalue weighted by atomic mass is 16.5. The topological polar surface area (TPSA) is 93.5 Å². The zero-order chi connectivity index (χ0) is 10.4. The molecule has 0 aromatic rings. The lowest BCUT2D eigenvalue weighted by Gasteiger charge is -1.99. The lowest BCUT2D eigenvalue weighted by molar-refractivity contribution is -0.142. The summed E-state index contributed by atoms with van der Waals surface area (Å²) >= 11 is 0. The maximum Gasteiger partial charge on any atom is 0.359 e. The van der Waals surface area contributed by atoms with E-state index in [1.807, 2.05) is 0 Å². The number of hydrogen-bond donors (Lipinski definition) is 1. The fourth-order valence-corrected chi connectivity index (χ4v) is 0.508. The molecule has 0 aliphatic carbocycles. The van der Waals surface area contributed by atoms with Crippen LogP contribution in [0.25, 0.3) is 0 Å². The molecule has 0 spiro atoms. The molecule has 1 N–H and O–H groups in total. The van der Waals surface area contributed by atoms with Crippen LogP contribution in [0.2, 0.25) is 0 Å². The van der Waals surface area contributed by atoms with Crippen LogP contribution in [-0.2, 0) is 23.9 Å². The molecule has 0 aromatic heterocycles. The van der Waals surface area contributed by atoms with Gasteiger partial charge < -0.3 is 9.47 Å². The van der Waals surface area contributed by atoms with Gasteiger partial charge in [-0.2, -0.15) is 0 Å². The van der Waals surface area contributed by atoms with Gasteiger partial charge in [-0.25, -0.2) is 4.79 Å². The van der Waals surface area contributed by atoms with Gasteiger partial charge in [-0.3, -0.25) is 15.0 Å². The summed E-state index contributed by atoms with van der Waals surface area (Å²) in [5, 5.41) is 6.94. The summed E-state index contributed by atoms with van der Waals surface area (Å²) in [6.07, 6.45) is -0.621. The minimum atomic E-state index is -1.06. The number of methoxy groups -OCH3 is 2. The highest BCUT2D eigenvalue weighted by Gasteiger charge is 2.21. The molecule has 0 amide bonds. The summed E-state index contributed by atoms with van der Waals surface area (Å²) in [6.45, 7) is 0. The zero-order valence-corrected chi connectivity index (χ0v) is 7.25. The second-order valence-corrected chi connectivity index (χ2v) is 2.04. The van der Waals surface area contributed by atoms with Crippen molar-refractivity contribution in [3.8, 4) is 0 Å². The Balaban J connectivity index is 4.20. The SMILES string of the molecule is COC(=O)CC(=O)C(=N)C(=O)OC. The zero-order valence-electron chi connectivity index (χ0n) is 7.25. The summed E-state index contributed by atoms with van der Waals surface area (Å²) in [5.74, 6) is -2.77. The molecule has 6 nitrogen and oxygen atoms in total. The molecule has 0 unspecified atom stereocenters. The van der Waals surface area contributed by atoms with Crippen molar-refractivity contribution in [1.29, 1.82) is 5.41 Å². The average Bonchev–Trinajstić information content (AvgIpc) is 2.14. The lowest BCUT2D eigenvalue weighted by atomic mass is 10.2. The predicted molar refractivity (Wildman–Crippen MR) is 41.4 cm³/mol. The first kappa shape index (κ1) is 11.3. The Hall–Kier alpha value is -1.72.